The van der Waals surface area contributed by atoms with Crippen LogP contribution >= 0.6 is 0 Å². The highest BCUT2D eigenvalue weighted by molar-refractivity contribution is 5.76. The third-order valence-electron chi connectivity index (χ3n) is 6.04. The van der Waals surface area contributed by atoms with Crippen LogP contribution in [0.4, 0.5) is 4.79 Å². The van der Waals surface area contributed by atoms with Gasteiger partial charge in [0.25, 0.3) is 0 Å². The Morgan fingerprint density at radius 1 is 1.23 bits per heavy atom. The number of benzene rings is 1. The van der Waals surface area contributed by atoms with Gasteiger partial charge in [-0.1, -0.05) is 44.2 Å². The molecule has 0 aromatic heterocycles. The number of carboxylic acid groups (broad SMARTS) is 1. The van der Waals surface area contributed by atoms with Gasteiger partial charge in [-0.15, -0.1) is 0 Å². The highest BCUT2D eigenvalue weighted by Crippen LogP contribution is 2.37. The lowest BCUT2D eigenvalue weighted by molar-refractivity contribution is -0.139. The first-order chi connectivity index (χ1) is 12.5. The van der Waals surface area contributed by atoms with Gasteiger partial charge in [0.15, 0.2) is 0 Å². The van der Waals surface area contributed by atoms with E-state index < -0.39 is 5.97 Å². The summed E-state index contributed by atoms with van der Waals surface area (Å²) >= 11 is 0. The Bertz CT molecular complexity index is 637. The molecule has 2 aliphatic rings. The zero-order chi connectivity index (χ0) is 18.7. The van der Waals surface area contributed by atoms with Gasteiger partial charge in [-0.3, -0.25) is 9.69 Å². The number of carbonyl (C=O) groups excluding carboxylic acids is 1. The molecule has 1 saturated heterocycles. The molecule has 0 bridgehead atoms. The number of urea groups is 1. The number of likely N-dealkylation sites (tertiary alicyclic amines) is 1. The lowest BCUT2D eigenvalue weighted by Crippen LogP contribution is -2.65. The van der Waals surface area contributed by atoms with Crippen LogP contribution in [0.5, 0.6) is 0 Å². The van der Waals surface area contributed by atoms with Crippen molar-refractivity contribution < 1.29 is 14.7 Å². The van der Waals surface area contributed by atoms with Gasteiger partial charge in [-0.2, -0.15) is 0 Å². The molecular formula is C20H29N3O3. The fourth-order valence-electron chi connectivity index (χ4n) is 4.17. The van der Waals surface area contributed by atoms with Gasteiger partial charge in [0.05, 0.1) is 6.54 Å². The second kappa shape index (κ2) is 7.66. The van der Waals surface area contributed by atoms with Crippen LogP contribution in [0.3, 0.4) is 0 Å². The molecule has 2 amide bonds. The lowest BCUT2D eigenvalue weighted by atomic mass is 9.72. The summed E-state index contributed by atoms with van der Waals surface area (Å²) in [6.07, 6.45) is 2.68. The molecule has 1 aromatic carbocycles. The second-order valence-corrected chi connectivity index (χ2v) is 7.58. The number of amides is 2. The first kappa shape index (κ1) is 18.7. The Kier molecular flexibility index (Phi) is 5.51. The van der Waals surface area contributed by atoms with Crippen LogP contribution < -0.4 is 5.32 Å². The van der Waals surface area contributed by atoms with Crippen molar-refractivity contribution in [2.45, 2.75) is 50.6 Å². The summed E-state index contributed by atoms with van der Waals surface area (Å²) < 4.78 is 0. The summed E-state index contributed by atoms with van der Waals surface area (Å²) in [6, 6.07) is 10.9. The number of aliphatic carboxylic acids is 1. The van der Waals surface area contributed by atoms with Gasteiger partial charge >= 0.3 is 12.0 Å². The Labute approximate surface area is 155 Å². The van der Waals surface area contributed by atoms with E-state index in [1.807, 2.05) is 22.8 Å². The summed E-state index contributed by atoms with van der Waals surface area (Å²) in [6.45, 7) is 6.47. The molecule has 0 unspecified atom stereocenters. The lowest BCUT2D eigenvalue weighted by Gasteiger charge is -2.51. The molecule has 1 heterocycles. The number of carbonyl (C=O) groups is 2. The number of hydrogen-bond acceptors (Lipinski definition) is 3. The first-order valence-electron chi connectivity index (χ1n) is 9.54. The Morgan fingerprint density at radius 3 is 2.42 bits per heavy atom. The molecule has 3 rings (SSSR count). The smallest absolute Gasteiger partial charge is 0.317 e. The van der Waals surface area contributed by atoms with Crippen molar-refractivity contribution in [1.29, 1.82) is 0 Å². The highest BCUT2D eigenvalue weighted by Gasteiger charge is 2.46. The minimum Gasteiger partial charge on any atom is -0.480 e. The molecule has 6 heteroatoms. The fraction of sp³-hybridized carbons (Fsp3) is 0.600. The zero-order valence-corrected chi connectivity index (χ0v) is 15.6. The summed E-state index contributed by atoms with van der Waals surface area (Å²) in [5, 5.41) is 12.1. The largest absolute Gasteiger partial charge is 0.480 e. The van der Waals surface area contributed by atoms with Crippen LogP contribution in [-0.2, 0) is 10.2 Å². The van der Waals surface area contributed by atoms with E-state index in [0.29, 0.717) is 0 Å². The Balaban J connectivity index is 1.46. The van der Waals surface area contributed by atoms with Crippen LogP contribution in [0.15, 0.2) is 30.3 Å². The van der Waals surface area contributed by atoms with E-state index in [9.17, 15) is 9.59 Å². The average Bonchev–Trinajstić information content (AvgIpc) is 2.56. The maximum Gasteiger partial charge on any atom is 0.317 e. The third kappa shape index (κ3) is 3.70. The topological polar surface area (TPSA) is 72.9 Å². The van der Waals surface area contributed by atoms with E-state index in [1.165, 1.54) is 5.56 Å². The van der Waals surface area contributed by atoms with E-state index in [-0.39, 0.29) is 30.1 Å². The molecule has 6 nitrogen and oxygen atoms in total. The second-order valence-electron chi connectivity index (χ2n) is 7.58. The molecule has 1 aromatic rings. The van der Waals surface area contributed by atoms with Crippen LogP contribution in [0.1, 0.15) is 38.7 Å². The van der Waals surface area contributed by atoms with Crippen molar-refractivity contribution in [2.75, 3.05) is 26.2 Å². The predicted molar refractivity (Wildman–Crippen MR) is 100 cm³/mol. The molecule has 142 valence electrons. The van der Waals surface area contributed by atoms with Crippen molar-refractivity contribution in [2.24, 2.45) is 0 Å². The van der Waals surface area contributed by atoms with Gasteiger partial charge in [0.2, 0.25) is 0 Å². The van der Waals surface area contributed by atoms with Gasteiger partial charge < -0.3 is 15.3 Å². The number of carboxylic acids is 1. The number of rotatable bonds is 7. The molecule has 2 N–H and O–H groups in total. The molecule has 0 spiro atoms. The van der Waals surface area contributed by atoms with Crippen molar-refractivity contribution in [3.05, 3.63) is 35.9 Å². The van der Waals surface area contributed by atoms with Gasteiger partial charge in [0, 0.05) is 30.6 Å². The van der Waals surface area contributed by atoms with E-state index in [1.54, 1.807) is 0 Å². The maximum absolute atomic E-state index is 12.5. The van der Waals surface area contributed by atoms with Crippen LogP contribution in [0, 0.1) is 0 Å². The minimum absolute atomic E-state index is 0.00902. The quantitative estimate of drug-likeness (QED) is 0.783. The molecule has 2 fully saturated rings. The maximum atomic E-state index is 12.5. The van der Waals surface area contributed by atoms with Crippen molar-refractivity contribution in [1.82, 2.24) is 15.1 Å². The molecule has 26 heavy (non-hydrogen) atoms. The van der Waals surface area contributed by atoms with Crippen LogP contribution in [0.2, 0.25) is 0 Å². The summed E-state index contributed by atoms with van der Waals surface area (Å²) in [7, 11) is 0. The molecule has 1 aliphatic heterocycles. The highest BCUT2D eigenvalue weighted by atomic mass is 16.4. The number of nitrogens with one attached hydrogen (secondary N) is 1. The third-order valence-corrected chi connectivity index (χ3v) is 6.04. The zero-order valence-electron chi connectivity index (χ0n) is 15.6. The average molecular weight is 359 g/mol. The summed E-state index contributed by atoms with van der Waals surface area (Å²) in [5.74, 6) is -0.795. The standard InChI is InChI=1S/C20H29N3O3/c1-3-20(15-8-6-5-7-9-15)13-23(14-20)19(26)21-16-10-17(11-16)22(4-2)12-18(24)25/h5-9,16-17H,3-4,10-14H2,1-2H3,(H,21,26)(H,24,25). The molecule has 0 atom stereocenters. The van der Waals surface area contributed by atoms with Gasteiger partial charge in [-0.25, -0.2) is 4.79 Å². The SMILES string of the molecule is CCN(CC(=O)O)C1CC(NC(=O)N2CC(CC)(c3ccccc3)C2)C1. The van der Waals surface area contributed by atoms with Gasteiger partial charge in [0.1, 0.15) is 0 Å². The monoisotopic (exact) mass is 359 g/mol. The Morgan fingerprint density at radius 2 is 1.88 bits per heavy atom. The molecule has 1 saturated carbocycles. The van der Waals surface area contributed by atoms with E-state index in [4.69, 9.17) is 5.11 Å². The van der Waals surface area contributed by atoms with Crippen molar-refractivity contribution in [3.8, 4) is 0 Å². The van der Waals surface area contributed by atoms with Gasteiger partial charge in [-0.05, 0) is 31.4 Å². The first-order valence-corrected chi connectivity index (χ1v) is 9.54. The van der Waals surface area contributed by atoms with E-state index in [0.717, 1.165) is 38.9 Å². The number of likely N-dealkylation sites (N-methyl/N-ethyl adjacent to an activating group) is 1. The summed E-state index contributed by atoms with van der Waals surface area (Å²) in [5.41, 5.74) is 1.39. The predicted octanol–water partition coefficient (Wildman–Crippen LogP) is 2.30. The molecular weight excluding hydrogens is 330 g/mol. The van der Waals surface area contributed by atoms with E-state index in [2.05, 4.69) is 36.5 Å². The van der Waals surface area contributed by atoms with E-state index >= 15 is 0 Å². The van der Waals surface area contributed by atoms with Crippen LogP contribution in [-0.4, -0.2) is 65.2 Å². The normalized spacial score (nSPS) is 23.9. The number of hydrogen-bond donors (Lipinski definition) is 2. The van der Waals surface area contributed by atoms with Crippen molar-refractivity contribution >= 4 is 12.0 Å². The minimum atomic E-state index is -0.795. The summed E-state index contributed by atoms with van der Waals surface area (Å²) in [4.78, 5) is 27.2. The Hall–Kier alpha value is -2.08. The molecule has 1 aliphatic carbocycles. The number of nitrogens with zero attached hydrogens (tertiary/aromatic N) is 2. The fourth-order valence-corrected chi connectivity index (χ4v) is 4.17. The van der Waals surface area contributed by atoms with Crippen molar-refractivity contribution in [3.63, 3.8) is 0 Å². The molecule has 0 radical (unpaired) electrons. The van der Waals surface area contributed by atoms with Crippen LogP contribution in [0.25, 0.3) is 0 Å².